The van der Waals surface area contributed by atoms with E-state index in [1.165, 1.54) is 6.26 Å². The third kappa shape index (κ3) is 2.39. The van der Waals surface area contributed by atoms with E-state index in [9.17, 15) is 0 Å². The van der Waals surface area contributed by atoms with Gasteiger partial charge in [0.2, 0.25) is 0 Å². The summed E-state index contributed by atoms with van der Waals surface area (Å²) in [5.74, 6) is 0. The standard InChI is InChI=1S/C3H3NOS.Na.H/c6-3-1-2-5-4-3;;/h1-2H,(H,4,6);;. The molecule has 0 fully saturated rings. The summed E-state index contributed by atoms with van der Waals surface area (Å²) >= 11 is 3.83. The molecule has 0 atom stereocenters. The molecular formula is C3H4NNaOS. The quantitative estimate of drug-likeness (QED) is 0.399. The summed E-state index contributed by atoms with van der Waals surface area (Å²) < 4.78 is 4.39. The van der Waals surface area contributed by atoms with E-state index in [2.05, 4.69) is 22.3 Å². The second-order valence-corrected chi connectivity index (χ2v) is 1.32. The molecule has 0 spiro atoms. The SMILES string of the molecule is Sc1ccon1.[NaH]. The average molecular weight is 125 g/mol. The Morgan fingerprint density at radius 3 is 2.57 bits per heavy atom. The Balaban J connectivity index is 0.000000360. The van der Waals surface area contributed by atoms with Gasteiger partial charge in [0, 0.05) is 6.07 Å². The third-order valence-electron chi connectivity index (χ3n) is 0.424. The Kier molecular flexibility index (Phi) is 3.83. The average Bonchev–Trinajstić information content (AvgIpc) is 1.86. The van der Waals surface area contributed by atoms with Gasteiger partial charge < -0.3 is 4.52 Å². The maximum absolute atomic E-state index is 4.39. The van der Waals surface area contributed by atoms with Gasteiger partial charge in [-0.05, 0) is 0 Å². The van der Waals surface area contributed by atoms with Crippen molar-refractivity contribution in [1.82, 2.24) is 5.16 Å². The van der Waals surface area contributed by atoms with Gasteiger partial charge in [0.05, 0.1) is 0 Å². The molecule has 0 bridgehead atoms. The maximum atomic E-state index is 4.39. The molecule has 2 nitrogen and oxygen atoms in total. The fourth-order valence-corrected chi connectivity index (χ4v) is 0.314. The zero-order valence-electron chi connectivity index (χ0n) is 2.96. The Hall–Kier alpha value is 0.560. The van der Waals surface area contributed by atoms with Gasteiger partial charge in [-0.25, -0.2) is 0 Å². The third-order valence-corrected chi connectivity index (χ3v) is 0.655. The zero-order chi connectivity index (χ0) is 4.41. The van der Waals surface area contributed by atoms with Crippen molar-refractivity contribution in [3.8, 4) is 0 Å². The summed E-state index contributed by atoms with van der Waals surface area (Å²) in [6.07, 6.45) is 1.47. The van der Waals surface area contributed by atoms with Gasteiger partial charge in [-0.2, -0.15) is 0 Å². The molecule has 0 N–H and O–H groups in total. The van der Waals surface area contributed by atoms with Crippen molar-refractivity contribution >= 4 is 42.2 Å². The van der Waals surface area contributed by atoms with Crippen LogP contribution in [0.15, 0.2) is 21.9 Å². The van der Waals surface area contributed by atoms with Crippen molar-refractivity contribution < 1.29 is 4.52 Å². The zero-order valence-corrected chi connectivity index (χ0v) is 3.85. The first-order valence-corrected chi connectivity index (χ1v) is 1.93. The predicted octanol–water partition coefficient (Wildman–Crippen LogP) is 0.315. The molecule has 4 heteroatoms. The van der Waals surface area contributed by atoms with Crippen LogP contribution >= 0.6 is 12.6 Å². The van der Waals surface area contributed by atoms with Crippen LogP contribution in [0.25, 0.3) is 0 Å². The van der Waals surface area contributed by atoms with Crippen LogP contribution in [0.3, 0.4) is 0 Å². The Bertz CT molecular complexity index is 118. The number of hydrogen-bond donors (Lipinski definition) is 1. The normalized spacial score (nSPS) is 7.57. The molecule has 0 saturated carbocycles. The Labute approximate surface area is 69.0 Å². The van der Waals surface area contributed by atoms with Crippen molar-refractivity contribution in [2.45, 2.75) is 5.03 Å². The summed E-state index contributed by atoms with van der Waals surface area (Å²) in [4.78, 5) is 0. The summed E-state index contributed by atoms with van der Waals surface area (Å²) in [6, 6.07) is 1.67. The molecule has 0 amide bonds. The second-order valence-electron chi connectivity index (χ2n) is 0.858. The van der Waals surface area contributed by atoms with E-state index in [4.69, 9.17) is 0 Å². The second kappa shape index (κ2) is 3.55. The molecule has 0 aliphatic carbocycles. The molecule has 0 aliphatic rings. The van der Waals surface area contributed by atoms with Gasteiger partial charge in [-0.3, -0.25) is 0 Å². The first-order chi connectivity index (χ1) is 2.89. The first-order valence-electron chi connectivity index (χ1n) is 1.49. The van der Waals surface area contributed by atoms with Crippen molar-refractivity contribution in [2.75, 3.05) is 0 Å². The molecule has 7 heavy (non-hydrogen) atoms. The van der Waals surface area contributed by atoms with Crippen LogP contribution in [0.2, 0.25) is 0 Å². The van der Waals surface area contributed by atoms with Crippen molar-refractivity contribution in [3.05, 3.63) is 12.3 Å². The molecule has 0 saturated heterocycles. The number of aromatic nitrogens is 1. The van der Waals surface area contributed by atoms with Gasteiger partial charge in [-0.1, -0.05) is 5.16 Å². The van der Waals surface area contributed by atoms with E-state index in [1.807, 2.05) is 0 Å². The summed E-state index contributed by atoms with van der Waals surface area (Å²) in [5, 5.41) is 4.03. The molecule has 0 aromatic carbocycles. The topological polar surface area (TPSA) is 26.0 Å². The van der Waals surface area contributed by atoms with E-state index in [0.29, 0.717) is 5.03 Å². The predicted molar refractivity (Wildman–Crippen MR) is 30.9 cm³/mol. The van der Waals surface area contributed by atoms with Crippen LogP contribution in [0.5, 0.6) is 0 Å². The van der Waals surface area contributed by atoms with E-state index < -0.39 is 0 Å². The number of nitrogens with zero attached hydrogens (tertiary/aromatic N) is 1. The van der Waals surface area contributed by atoms with Crippen molar-refractivity contribution in [2.24, 2.45) is 0 Å². The molecule has 34 valence electrons. The monoisotopic (exact) mass is 125 g/mol. The Morgan fingerprint density at radius 2 is 2.43 bits per heavy atom. The number of thiol groups is 1. The van der Waals surface area contributed by atoms with Gasteiger partial charge in [-0.15, -0.1) is 12.6 Å². The van der Waals surface area contributed by atoms with E-state index >= 15 is 0 Å². The Morgan fingerprint density at radius 1 is 1.71 bits per heavy atom. The van der Waals surface area contributed by atoms with E-state index in [-0.39, 0.29) is 29.6 Å². The molecular weight excluding hydrogens is 121 g/mol. The molecule has 1 aromatic heterocycles. The van der Waals surface area contributed by atoms with Gasteiger partial charge in [0.15, 0.2) is 0 Å². The molecule has 1 aromatic rings. The van der Waals surface area contributed by atoms with Gasteiger partial charge >= 0.3 is 29.6 Å². The number of rotatable bonds is 0. The van der Waals surface area contributed by atoms with Crippen LogP contribution in [0.1, 0.15) is 0 Å². The number of hydrogen-bond acceptors (Lipinski definition) is 3. The first kappa shape index (κ1) is 7.56. The van der Waals surface area contributed by atoms with Crippen molar-refractivity contribution in [3.63, 3.8) is 0 Å². The summed E-state index contributed by atoms with van der Waals surface area (Å²) in [5.41, 5.74) is 0. The van der Waals surface area contributed by atoms with E-state index in [1.54, 1.807) is 6.07 Å². The fraction of sp³-hybridized carbons (Fsp3) is 0. The van der Waals surface area contributed by atoms with Crippen molar-refractivity contribution in [1.29, 1.82) is 0 Å². The van der Waals surface area contributed by atoms with Crippen LogP contribution in [0.4, 0.5) is 0 Å². The minimum atomic E-state index is 0. The van der Waals surface area contributed by atoms with Crippen LogP contribution < -0.4 is 0 Å². The van der Waals surface area contributed by atoms with Crippen LogP contribution in [-0.4, -0.2) is 34.7 Å². The summed E-state index contributed by atoms with van der Waals surface area (Å²) in [6.45, 7) is 0. The molecule has 0 unspecified atom stereocenters. The fourth-order valence-electron chi connectivity index (χ4n) is 0.206. The molecule has 1 heterocycles. The van der Waals surface area contributed by atoms with Crippen LogP contribution in [0, 0.1) is 0 Å². The van der Waals surface area contributed by atoms with Gasteiger partial charge in [0.25, 0.3) is 0 Å². The minimum absolute atomic E-state index is 0. The molecule has 0 radical (unpaired) electrons. The van der Waals surface area contributed by atoms with Gasteiger partial charge in [0.1, 0.15) is 11.3 Å². The molecule has 1 rings (SSSR count). The molecule has 0 aliphatic heterocycles. The summed E-state index contributed by atoms with van der Waals surface area (Å²) in [7, 11) is 0. The van der Waals surface area contributed by atoms with Crippen LogP contribution in [-0.2, 0) is 0 Å². The van der Waals surface area contributed by atoms with E-state index in [0.717, 1.165) is 0 Å².